The number of hydrogen-bond donors (Lipinski definition) is 0. The first-order chi connectivity index (χ1) is 11.0. The summed E-state index contributed by atoms with van der Waals surface area (Å²) in [6.45, 7) is 3.66. The zero-order chi connectivity index (χ0) is 17.0. The summed E-state index contributed by atoms with van der Waals surface area (Å²) in [7, 11) is 1.79. The molecule has 0 aliphatic carbocycles. The molecule has 23 heavy (non-hydrogen) atoms. The van der Waals surface area contributed by atoms with Crippen LogP contribution in [0.15, 0.2) is 23.8 Å². The van der Waals surface area contributed by atoms with Crippen LogP contribution in [0.1, 0.15) is 49.8 Å². The van der Waals surface area contributed by atoms with Crippen molar-refractivity contribution in [3.8, 4) is 0 Å². The summed E-state index contributed by atoms with van der Waals surface area (Å²) in [5.74, 6) is -1.66. The first kappa shape index (κ1) is 17.0. The van der Waals surface area contributed by atoms with E-state index in [2.05, 4.69) is 0 Å². The lowest BCUT2D eigenvalue weighted by Crippen LogP contribution is -2.15. The van der Waals surface area contributed by atoms with Gasteiger partial charge in [0.05, 0.1) is 18.8 Å². The van der Waals surface area contributed by atoms with Crippen LogP contribution in [-0.2, 0) is 16.5 Å². The maximum Gasteiger partial charge on any atom is 0.349 e. The fourth-order valence-corrected chi connectivity index (χ4v) is 3.00. The van der Waals surface area contributed by atoms with E-state index in [0.717, 1.165) is 11.3 Å². The van der Waals surface area contributed by atoms with Crippen molar-refractivity contribution in [2.24, 2.45) is 7.05 Å². The second-order valence-electron chi connectivity index (χ2n) is 4.69. The normalized spacial score (nSPS) is 10.4. The van der Waals surface area contributed by atoms with Crippen LogP contribution in [0.2, 0.25) is 0 Å². The number of ketones is 1. The van der Waals surface area contributed by atoms with Gasteiger partial charge in [0.1, 0.15) is 4.88 Å². The third kappa shape index (κ3) is 3.50. The zero-order valence-electron chi connectivity index (χ0n) is 13.1. The van der Waals surface area contributed by atoms with Crippen molar-refractivity contribution in [1.29, 1.82) is 0 Å². The van der Waals surface area contributed by atoms with E-state index < -0.39 is 11.9 Å². The molecule has 0 spiro atoms. The second kappa shape index (κ2) is 7.23. The highest BCUT2D eigenvalue weighted by molar-refractivity contribution is 7.12. The Hall–Kier alpha value is -2.41. The summed E-state index contributed by atoms with van der Waals surface area (Å²) in [4.78, 5) is 36.9. The topological polar surface area (TPSA) is 74.6 Å². The number of thiophene rings is 1. The molecule has 7 heteroatoms. The molecule has 0 bridgehead atoms. The summed E-state index contributed by atoms with van der Waals surface area (Å²) < 4.78 is 11.7. The number of aromatic nitrogens is 1. The second-order valence-corrected chi connectivity index (χ2v) is 5.57. The Labute approximate surface area is 137 Å². The number of aryl methyl sites for hydroxylation is 1. The fraction of sp³-hybridized carbons (Fsp3) is 0.312. The third-order valence-corrected chi connectivity index (χ3v) is 4.03. The Balaban J connectivity index is 2.48. The molecule has 0 aliphatic rings. The minimum absolute atomic E-state index is 0.0239. The molecule has 122 valence electrons. The zero-order valence-corrected chi connectivity index (χ0v) is 13.9. The molecule has 0 aliphatic heterocycles. The summed E-state index contributed by atoms with van der Waals surface area (Å²) in [6.07, 6.45) is 3.38. The van der Waals surface area contributed by atoms with E-state index in [9.17, 15) is 14.4 Å². The van der Waals surface area contributed by atoms with Crippen LogP contribution < -0.4 is 0 Å². The monoisotopic (exact) mass is 335 g/mol. The van der Waals surface area contributed by atoms with E-state index in [4.69, 9.17) is 9.47 Å². The number of carbonyl (C=O) groups excluding carboxylic acids is 3. The molecule has 6 nitrogen and oxygen atoms in total. The van der Waals surface area contributed by atoms with Gasteiger partial charge in [-0.1, -0.05) is 0 Å². The standard InChI is InChI=1S/C16H17NO5S/c1-4-21-15(19)12-11(9-23-14(12)16(20)22-5-2)13(18)10-6-7-17(3)8-10/h6-9H,4-5H2,1-3H3. The third-order valence-electron chi connectivity index (χ3n) is 3.07. The van der Waals surface area contributed by atoms with Crippen molar-refractivity contribution in [3.63, 3.8) is 0 Å². The maximum absolute atomic E-state index is 12.6. The molecule has 0 radical (unpaired) electrons. The predicted molar refractivity (Wildman–Crippen MR) is 85.1 cm³/mol. The van der Waals surface area contributed by atoms with E-state index in [-0.39, 0.29) is 35.0 Å². The van der Waals surface area contributed by atoms with Crippen LogP contribution in [0.25, 0.3) is 0 Å². The van der Waals surface area contributed by atoms with Gasteiger partial charge in [0.15, 0.2) is 5.78 Å². The molecule has 2 heterocycles. The molecule has 0 saturated heterocycles. The van der Waals surface area contributed by atoms with Gasteiger partial charge in [-0.3, -0.25) is 4.79 Å². The summed E-state index contributed by atoms with van der Waals surface area (Å²) in [6, 6.07) is 1.65. The van der Waals surface area contributed by atoms with Crippen molar-refractivity contribution in [2.75, 3.05) is 13.2 Å². The lowest BCUT2D eigenvalue weighted by molar-refractivity contribution is 0.0482. The first-order valence-corrected chi connectivity index (χ1v) is 7.99. The first-order valence-electron chi connectivity index (χ1n) is 7.11. The van der Waals surface area contributed by atoms with Gasteiger partial charge >= 0.3 is 11.9 Å². The van der Waals surface area contributed by atoms with Crippen molar-refractivity contribution in [2.45, 2.75) is 13.8 Å². The van der Waals surface area contributed by atoms with Gasteiger partial charge in [-0.05, 0) is 19.9 Å². The van der Waals surface area contributed by atoms with Gasteiger partial charge in [0, 0.05) is 35.9 Å². The van der Waals surface area contributed by atoms with Gasteiger partial charge in [-0.15, -0.1) is 11.3 Å². The molecule has 0 amide bonds. The van der Waals surface area contributed by atoms with Crippen molar-refractivity contribution >= 4 is 29.1 Å². The van der Waals surface area contributed by atoms with E-state index in [1.165, 1.54) is 5.38 Å². The largest absolute Gasteiger partial charge is 0.462 e. The predicted octanol–water partition coefficient (Wildman–Crippen LogP) is 2.67. The molecule has 0 atom stereocenters. The summed E-state index contributed by atoms with van der Waals surface area (Å²) >= 11 is 1.01. The van der Waals surface area contributed by atoms with Gasteiger partial charge < -0.3 is 14.0 Å². The molecule has 0 N–H and O–H groups in total. The van der Waals surface area contributed by atoms with Crippen molar-refractivity contribution < 1.29 is 23.9 Å². The summed E-state index contributed by atoms with van der Waals surface area (Å²) in [5, 5.41) is 1.49. The summed E-state index contributed by atoms with van der Waals surface area (Å²) in [5.41, 5.74) is 0.568. The average molecular weight is 335 g/mol. The van der Waals surface area contributed by atoms with E-state index in [0.29, 0.717) is 5.56 Å². The Morgan fingerprint density at radius 3 is 2.35 bits per heavy atom. The minimum Gasteiger partial charge on any atom is -0.462 e. The molecule has 0 saturated carbocycles. The fourth-order valence-electron chi connectivity index (χ4n) is 2.07. The lowest BCUT2D eigenvalue weighted by atomic mass is 10.0. The Morgan fingerprint density at radius 1 is 1.13 bits per heavy atom. The van der Waals surface area contributed by atoms with Gasteiger partial charge in [0.2, 0.25) is 0 Å². The van der Waals surface area contributed by atoms with Crippen molar-refractivity contribution in [1.82, 2.24) is 4.57 Å². The molecule has 2 aromatic rings. The van der Waals surface area contributed by atoms with Crippen molar-refractivity contribution in [3.05, 3.63) is 45.4 Å². The maximum atomic E-state index is 12.6. The van der Waals surface area contributed by atoms with E-state index in [1.54, 1.807) is 43.9 Å². The van der Waals surface area contributed by atoms with Crippen LogP contribution in [0.3, 0.4) is 0 Å². The van der Waals surface area contributed by atoms with Crippen LogP contribution in [0.4, 0.5) is 0 Å². The Kier molecular flexibility index (Phi) is 5.33. The molecule has 0 aromatic carbocycles. The van der Waals surface area contributed by atoms with Crippen LogP contribution in [0.5, 0.6) is 0 Å². The van der Waals surface area contributed by atoms with Crippen LogP contribution >= 0.6 is 11.3 Å². The smallest absolute Gasteiger partial charge is 0.349 e. The highest BCUT2D eigenvalue weighted by Gasteiger charge is 2.29. The van der Waals surface area contributed by atoms with Gasteiger partial charge in [-0.25, -0.2) is 9.59 Å². The Bertz CT molecular complexity index is 743. The lowest BCUT2D eigenvalue weighted by Gasteiger charge is -2.06. The minimum atomic E-state index is -0.698. The molecule has 0 fully saturated rings. The molecular weight excluding hydrogens is 318 g/mol. The quantitative estimate of drug-likeness (QED) is 0.599. The SMILES string of the molecule is CCOC(=O)c1scc(C(=O)c2ccn(C)c2)c1C(=O)OCC. The van der Waals surface area contributed by atoms with Crippen LogP contribution in [0, 0.1) is 0 Å². The van der Waals surface area contributed by atoms with E-state index in [1.807, 2.05) is 0 Å². The number of carbonyl (C=O) groups is 3. The molecular formula is C16H17NO5S. The van der Waals surface area contributed by atoms with Gasteiger partial charge in [0.25, 0.3) is 0 Å². The number of hydrogen-bond acceptors (Lipinski definition) is 6. The average Bonchev–Trinajstić information content (AvgIpc) is 3.13. The number of ether oxygens (including phenoxy) is 2. The molecule has 2 aromatic heterocycles. The highest BCUT2D eigenvalue weighted by atomic mass is 32.1. The number of nitrogens with zero attached hydrogens (tertiary/aromatic N) is 1. The van der Waals surface area contributed by atoms with E-state index >= 15 is 0 Å². The molecule has 0 unspecified atom stereocenters. The number of esters is 2. The van der Waals surface area contributed by atoms with Crippen LogP contribution in [-0.4, -0.2) is 35.5 Å². The van der Waals surface area contributed by atoms with Gasteiger partial charge in [-0.2, -0.15) is 0 Å². The number of rotatable bonds is 6. The molecule has 2 rings (SSSR count). The Morgan fingerprint density at radius 2 is 1.78 bits per heavy atom. The highest BCUT2D eigenvalue weighted by Crippen LogP contribution is 2.27.